The van der Waals surface area contributed by atoms with Crippen molar-refractivity contribution in [1.82, 2.24) is 19.5 Å². The summed E-state index contributed by atoms with van der Waals surface area (Å²) in [4.78, 5) is 49.5. The topological polar surface area (TPSA) is 256 Å². The van der Waals surface area contributed by atoms with Crippen LogP contribution in [0.1, 0.15) is 12.6 Å². The highest BCUT2D eigenvalue weighted by Crippen LogP contribution is 2.57. The molecule has 1 saturated heterocycles. The maximum atomic E-state index is 11.6. The SMILES string of the molecule is O=C(O)CCSCNc1ncnc2c1ncn2[C@@H]1O[C@H](COP(=O)(O)OP(=O)(O)O)[C@@H](O)[C@H]1O. The third kappa shape index (κ3) is 6.93. The molecule has 2 aromatic heterocycles. The van der Waals surface area contributed by atoms with Gasteiger partial charge < -0.3 is 40.1 Å². The van der Waals surface area contributed by atoms with E-state index < -0.39 is 52.8 Å². The van der Waals surface area contributed by atoms with Crippen molar-refractivity contribution in [3.05, 3.63) is 12.7 Å². The summed E-state index contributed by atoms with van der Waals surface area (Å²) in [5, 5.41) is 32.3. The molecule has 0 saturated carbocycles. The van der Waals surface area contributed by atoms with Gasteiger partial charge in [-0.25, -0.2) is 24.1 Å². The van der Waals surface area contributed by atoms with Crippen molar-refractivity contribution in [3.8, 4) is 0 Å². The smallest absolute Gasteiger partial charge is 0.481 e. The molecule has 1 aliphatic rings. The number of imidazole rings is 1. The van der Waals surface area contributed by atoms with Gasteiger partial charge in [-0.1, -0.05) is 0 Å². The van der Waals surface area contributed by atoms with Crippen molar-refractivity contribution in [1.29, 1.82) is 0 Å². The van der Waals surface area contributed by atoms with E-state index in [2.05, 4.69) is 29.1 Å². The number of anilines is 1. The molecule has 0 aliphatic carbocycles. The van der Waals surface area contributed by atoms with Crippen LogP contribution in [0.3, 0.4) is 0 Å². The number of hydrogen-bond donors (Lipinski definition) is 7. The zero-order valence-corrected chi connectivity index (χ0v) is 19.6. The number of nitrogens with zero attached hydrogens (tertiary/aromatic N) is 4. The normalized spacial score (nSPS) is 24.9. The fourth-order valence-corrected chi connectivity index (χ4v) is 5.24. The number of ether oxygens (including phenoxy) is 1. The Morgan fingerprint density at radius 3 is 2.62 bits per heavy atom. The lowest BCUT2D eigenvalue weighted by Gasteiger charge is -2.17. The Bertz CT molecular complexity index is 1110. The lowest BCUT2D eigenvalue weighted by atomic mass is 10.1. The van der Waals surface area contributed by atoms with Crippen LogP contribution in [0.25, 0.3) is 11.2 Å². The number of aliphatic carboxylic acids is 1. The van der Waals surface area contributed by atoms with Gasteiger partial charge in [-0.2, -0.15) is 4.31 Å². The summed E-state index contributed by atoms with van der Waals surface area (Å²) in [7, 11) is -10.5. The number of aliphatic hydroxyl groups is 2. The molecule has 1 fully saturated rings. The van der Waals surface area contributed by atoms with Crippen molar-refractivity contribution in [3.63, 3.8) is 0 Å². The first-order chi connectivity index (χ1) is 15.9. The molecule has 0 spiro atoms. The summed E-state index contributed by atoms with van der Waals surface area (Å²) in [6, 6.07) is 0. The molecule has 34 heavy (non-hydrogen) atoms. The summed E-state index contributed by atoms with van der Waals surface area (Å²) in [6.07, 6.45) is -3.30. The number of aliphatic hydroxyl groups excluding tert-OH is 2. The number of fused-ring (bicyclic) bond motifs is 1. The molecule has 3 rings (SSSR count). The molecule has 5 atom stereocenters. The number of hydrogen-bond acceptors (Lipinski definition) is 13. The van der Waals surface area contributed by atoms with Gasteiger partial charge in [0.2, 0.25) is 0 Å². The largest absolute Gasteiger partial charge is 0.481 e. The first-order valence-electron chi connectivity index (χ1n) is 9.35. The van der Waals surface area contributed by atoms with Gasteiger partial charge >= 0.3 is 21.6 Å². The lowest BCUT2D eigenvalue weighted by molar-refractivity contribution is -0.136. The zero-order chi connectivity index (χ0) is 25.1. The van der Waals surface area contributed by atoms with Gasteiger partial charge in [-0.05, 0) is 0 Å². The molecule has 0 aromatic carbocycles. The first kappa shape index (κ1) is 26.9. The van der Waals surface area contributed by atoms with E-state index >= 15 is 0 Å². The summed E-state index contributed by atoms with van der Waals surface area (Å²) in [6.45, 7) is -0.843. The van der Waals surface area contributed by atoms with Crippen LogP contribution in [0.2, 0.25) is 0 Å². The molecular weight excluding hydrogens is 524 g/mol. The number of carbonyl (C=O) groups is 1. The highest BCUT2D eigenvalue weighted by Gasteiger charge is 2.46. The van der Waals surface area contributed by atoms with E-state index in [1.807, 2.05) is 0 Å². The second kappa shape index (κ2) is 10.9. The molecule has 2 aromatic rings. The molecule has 17 nitrogen and oxygen atoms in total. The molecule has 0 amide bonds. The van der Waals surface area contributed by atoms with E-state index in [-0.39, 0.29) is 12.1 Å². The maximum absolute atomic E-state index is 11.6. The number of carboxylic acids is 1. The average Bonchev–Trinajstić information content (AvgIpc) is 3.26. The number of aromatic nitrogens is 4. The Kier molecular flexibility index (Phi) is 8.65. The van der Waals surface area contributed by atoms with Gasteiger partial charge in [0.1, 0.15) is 24.6 Å². The zero-order valence-electron chi connectivity index (χ0n) is 17.0. The van der Waals surface area contributed by atoms with Crippen molar-refractivity contribution in [2.24, 2.45) is 0 Å². The molecule has 0 radical (unpaired) electrons. The third-order valence-corrected chi connectivity index (χ3v) is 7.38. The van der Waals surface area contributed by atoms with Crippen molar-refractivity contribution in [2.45, 2.75) is 31.0 Å². The van der Waals surface area contributed by atoms with Gasteiger partial charge in [0, 0.05) is 5.75 Å². The predicted molar refractivity (Wildman–Crippen MR) is 113 cm³/mol. The number of carboxylic acid groups (broad SMARTS) is 1. The maximum Gasteiger partial charge on any atom is 0.481 e. The minimum absolute atomic E-state index is 0.00143. The quantitative estimate of drug-likeness (QED) is 0.0983. The van der Waals surface area contributed by atoms with Crippen LogP contribution in [0, 0.1) is 0 Å². The van der Waals surface area contributed by atoms with Crippen molar-refractivity contribution < 1.29 is 57.5 Å². The summed E-state index contributed by atoms with van der Waals surface area (Å²) >= 11 is 1.33. The molecule has 1 unspecified atom stereocenters. The molecule has 7 N–H and O–H groups in total. The number of phosphoric acid groups is 2. The Morgan fingerprint density at radius 2 is 1.94 bits per heavy atom. The van der Waals surface area contributed by atoms with Crippen molar-refractivity contribution >= 4 is 50.4 Å². The van der Waals surface area contributed by atoms with Crippen LogP contribution < -0.4 is 5.32 Å². The van der Waals surface area contributed by atoms with Crippen LogP contribution in [0.15, 0.2) is 12.7 Å². The predicted octanol–water partition coefficient (Wildman–Crippen LogP) is -0.751. The van der Waals surface area contributed by atoms with Crippen molar-refractivity contribution in [2.75, 3.05) is 23.6 Å². The summed E-state index contributed by atoms with van der Waals surface area (Å²) < 4.78 is 37.3. The second-order valence-electron chi connectivity index (χ2n) is 6.80. The Labute approximate surface area is 195 Å². The molecule has 3 heterocycles. The van der Waals surface area contributed by atoms with E-state index in [0.717, 1.165) is 0 Å². The number of rotatable bonds is 12. The lowest BCUT2D eigenvalue weighted by Crippen LogP contribution is -2.33. The molecule has 190 valence electrons. The Balaban J connectivity index is 1.68. The van der Waals surface area contributed by atoms with Gasteiger partial charge in [0.15, 0.2) is 23.2 Å². The standard InChI is InChI=1S/C14H21N5O12P2S/c20-8(21)1-2-34-6-18-12-9-13(16-4-15-12)19(5-17-9)14-11(23)10(22)7(30-14)3-29-33(27,28)31-32(24,25)26/h4-5,7,10-11,14,22-23H,1-3,6H2,(H,20,21)(H,27,28)(H,15,16,18)(H2,24,25,26)/t7-,10-,11-,14-/m1/s1. The first-order valence-corrected chi connectivity index (χ1v) is 13.5. The fourth-order valence-electron chi connectivity index (χ4n) is 2.94. The number of nitrogens with one attached hydrogen (secondary N) is 1. The van der Waals surface area contributed by atoms with Gasteiger partial charge in [0.25, 0.3) is 0 Å². The Hall–Kier alpha value is -1.69. The van der Waals surface area contributed by atoms with E-state index in [4.69, 9.17) is 19.6 Å². The van der Waals surface area contributed by atoms with E-state index in [9.17, 15) is 29.0 Å². The Morgan fingerprint density at radius 1 is 1.21 bits per heavy atom. The molecule has 0 bridgehead atoms. The minimum atomic E-state index is -5.33. The van der Waals surface area contributed by atoms with E-state index in [1.54, 1.807) is 0 Å². The number of phosphoric ester groups is 1. The van der Waals surface area contributed by atoms with Gasteiger partial charge in [-0.3, -0.25) is 13.9 Å². The minimum Gasteiger partial charge on any atom is -0.481 e. The van der Waals surface area contributed by atoms with E-state index in [1.165, 1.54) is 29.0 Å². The highest BCUT2D eigenvalue weighted by molar-refractivity contribution is 7.99. The second-order valence-corrected chi connectivity index (χ2v) is 10.7. The van der Waals surface area contributed by atoms with Crippen LogP contribution in [0.4, 0.5) is 5.82 Å². The van der Waals surface area contributed by atoms with Crippen LogP contribution >= 0.6 is 27.4 Å². The van der Waals surface area contributed by atoms with Gasteiger partial charge in [-0.15, -0.1) is 11.8 Å². The number of thioether (sulfide) groups is 1. The molecular formula is C14H21N5O12P2S. The third-order valence-electron chi connectivity index (χ3n) is 4.38. The van der Waals surface area contributed by atoms with Crippen LogP contribution in [0.5, 0.6) is 0 Å². The highest BCUT2D eigenvalue weighted by atomic mass is 32.2. The molecule has 20 heteroatoms. The van der Waals surface area contributed by atoms with E-state index in [0.29, 0.717) is 23.0 Å². The monoisotopic (exact) mass is 545 g/mol. The fraction of sp³-hybridized carbons (Fsp3) is 0.571. The van der Waals surface area contributed by atoms with Crippen LogP contribution in [-0.4, -0.2) is 92.0 Å². The summed E-state index contributed by atoms with van der Waals surface area (Å²) in [5.41, 5.74) is 0.504. The average molecular weight is 545 g/mol. The van der Waals surface area contributed by atoms with Crippen LogP contribution in [-0.2, 0) is 27.5 Å². The van der Waals surface area contributed by atoms with Gasteiger partial charge in [0.05, 0.1) is 25.2 Å². The summed E-state index contributed by atoms with van der Waals surface area (Å²) in [5.74, 6) is 0.141. The molecule has 1 aliphatic heterocycles.